The van der Waals surface area contributed by atoms with E-state index in [9.17, 15) is 14.4 Å². The minimum atomic E-state index is -0.581. The lowest BCUT2D eigenvalue weighted by Crippen LogP contribution is -2.27. The lowest BCUT2D eigenvalue weighted by atomic mass is 10.2. The van der Waals surface area contributed by atoms with Gasteiger partial charge < -0.3 is 26.1 Å². The number of carbonyl (C=O) groups is 3. The molecular formula is C20H22ClN7O4S. The fraction of sp³-hybridized carbons (Fsp3) is 0.300. The van der Waals surface area contributed by atoms with Crippen molar-refractivity contribution in [2.75, 3.05) is 23.8 Å². The normalized spacial score (nSPS) is 10.9. The van der Waals surface area contributed by atoms with Gasteiger partial charge in [0.1, 0.15) is 5.82 Å². The number of nitrogen functional groups attached to an aromatic ring is 2. The van der Waals surface area contributed by atoms with Crippen LogP contribution in [0.3, 0.4) is 0 Å². The average Bonchev–Trinajstić information content (AvgIpc) is 3.15. The van der Waals surface area contributed by atoms with E-state index < -0.39 is 11.9 Å². The molecule has 1 aromatic carbocycles. The first-order chi connectivity index (χ1) is 15.7. The molecule has 0 bridgehead atoms. The zero-order valence-corrected chi connectivity index (χ0v) is 19.5. The highest BCUT2D eigenvalue weighted by Gasteiger charge is 2.18. The number of ether oxygens (including phenoxy) is 1. The van der Waals surface area contributed by atoms with Gasteiger partial charge in [-0.1, -0.05) is 23.4 Å². The van der Waals surface area contributed by atoms with Crippen molar-refractivity contribution in [2.45, 2.75) is 26.9 Å². The van der Waals surface area contributed by atoms with E-state index in [0.29, 0.717) is 23.4 Å². The van der Waals surface area contributed by atoms with Crippen LogP contribution in [0.4, 0.5) is 11.6 Å². The van der Waals surface area contributed by atoms with Gasteiger partial charge in [-0.2, -0.15) is 0 Å². The standard InChI is InChI=1S/C20H22ClN7O4S/c1-3-28-12-7-10(20(31)33-9-14(29)32-4-2)5-6-11(12)25-13(28)8-24-19(30)15-17(22)27-18(23)16(21)26-15/h5-7H,3-4,8-9H2,1-2H3,(H,24,30)(H4,22,23,27). The van der Waals surface area contributed by atoms with Gasteiger partial charge in [-0.3, -0.25) is 14.4 Å². The van der Waals surface area contributed by atoms with Crippen molar-refractivity contribution in [3.8, 4) is 0 Å². The molecule has 0 spiro atoms. The summed E-state index contributed by atoms with van der Waals surface area (Å²) in [7, 11) is 0. The van der Waals surface area contributed by atoms with E-state index >= 15 is 0 Å². The fourth-order valence-corrected chi connectivity index (χ4v) is 3.80. The third-order valence-electron chi connectivity index (χ3n) is 4.53. The predicted molar refractivity (Wildman–Crippen MR) is 126 cm³/mol. The second kappa shape index (κ2) is 10.5. The van der Waals surface area contributed by atoms with E-state index in [1.165, 1.54) is 0 Å². The van der Waals surface area contributed by atoms with Crippen LogP contribution in [0.1, 0.15) is 40.5 Å². The molecule has 33 heavy (non-hydrogen) atoms. The smallest absolute Gasteiger partial charge is 0.316 e. The number of carbonyl (C=O) groups excluding carboxylic acids is 3. The molecule has 2 aromatic heterocycles. The summed E-state index contributed by atoms with van der Waals surface area (Å²) in [6.45, 7) is 4.51. The molecule has 3 rings (SSSR count). The number of nitrogens with two attached hydrogens (primary N) is 2. The van der Waals surface area contributed by atoms with Crippen LogP contribution in [0.2, 0.25) is 5.15 Å². The Balaban J connectivity index is 1.77. The van der Waals surface area contributed by atoms with Gasteiger partial charge in [0.2, 0.25) is 5.12 Å². The molecule has 0 radical (unpaired) electrons. The number of imidazole rings is 1. The van der Waals surface area contributed by atoms with Crippen molar-refractivity contribution < 1.29 is 19.1 Å². The predicted octanol–water partition coefficient (Wildman–Crippen LogP) is 2.03. The van der Waals surface area contributed by atoms with E-state index in [1.54, 1.807) is 25.1 Å². The molecule has 11 nitrogen and oxygen atoms in total. The van der Waals surface area contributed by atoms with Crippen molar-refractivity contribution in [3.63, 3.8) is 0 Å². The van der Waals surface area contributed by atoms with E-state index in [0.717, 1.165) is 17.3 Å². The Hall–Kier alpha value is -3.38. The molecule has 5 N–H and O–H groups in total. The third kappa shape index (κ3) is 5.52. The number of rotatable bonds is 8. The van der Waals surface area contributed by atoms with Crippen LogP contribution >= 0.6 is 23.4 Å². The molecule has 0 aliphatic heterocycles. The Morgan fingerprint density at radius 1 is 1.15 bits per heavy atom. The molecule has 3 aromatic rings. The van der Waals surface area contributed by atoms with Crippen LogP contribution in [-0.4, -0.2) is 48.9 Å². The number of anilines is 2. The minimum Gasteiger partial charge on any atom is -0.465 e. The van der Waals surface area contributed by atoms with Crippen molar-refractivity contribution in [2.24, 2.45) is 0 Å². The number of hydrogen-bond acceptors (Lipinski definition) is 10. The zero-order chi connectivity index (χ0) is 24.1. The molecule has 2 heterocycles. The Kier molecular flexibility index (Phi) is 7.71. The van der Waals surface area contributed by atoms with Crippen LogP contribution < -0.4 is 16.8 Å². The van der Waals surface area contributed by atoms with Crippen molar-refractivity contribution >= 4 is 63.0 Å². The third-order valence-corrected chi connectivity index (χ3v) is 5.69. The molecule has 0 fully saturated rings. The maximum atomic E-state index is 12.5. The lowest BCUT2D eigenvalue weighted by Gasteiger charge is -2.09. The van der Waals surface area contributed by atoms with E-state index in [1.807, 2.05) is 11.5 Å². The monoisotopic (exact) mass is 491 g/mol. The summed E-state index contributed by atoms with van der Waals surface area (Å²) in [5.41, 5.74) is 12.9. The number of nitrogens with zero attached hydrogens (tertiary/aromatic N) is 4. The van der Waals surface area contributed by atoms with Crippen LogP contribution in [0.5, 0.6) is 0 Å². The maximum Gasteiger partial charge on any atom is 0.316 e. The zero-order valence-electron chi connectivity index (χ0n) is 17.9. The molecule has 0 aliphatic carbocycles. The topological polar surface area (TPSA) is 168 Å². The molecule has 13 heteroatoms. The summed E-state index contributed by atoms with van der Waals surface area (Å²) < 4.78 is 6.71. The summed E-state index contributed by atoms with van der Waals surface area (Å²) >= 11 is 6.72. The van der Waals surface area contributed by atoms with Gasteiger partial charge in [0.05, 0.1) is 29.9 Å². The van der Waals surface area contributed by atoms with Gasteiger partial charge in [0.15, 0.2) is 22.5 Å². The molecule has 0 saturated carbocycles. The first-order valence-electron chi connectivity index (χ1n) is 9.93. The van der Waals surface area contributed by atoms with Gasteiger partial charge >= 0.3 is 5.97 Å². The second-order valence-corrected chi connectivity index (χ2v) is 7.98. The quantitative estimate of drug-likeness (QED) is 0.396. The Bertz CT molecular complexity index is 1230. The number of aromatic nitrogens is 4. The highest BCUT2D eigenvalue weighted by molar-refractivity contribution is 8.14. The van der Waals surface area contributed by atoms with Crippen molar-refractivity contribution in [1.29, 1.82) is 0 Å². The average molecular weight is 492 g/mol. The Morgan fingerprint density at radius 2 is 1.91 bits per heavy atom. The number of hydrogen-bond donors (Lipinski definition) is 3. The Morgan fingerprint density at radius 3 is 2.61 bits per heavy atom. The van der Waals surface area contributed by atoms with Crippen molar-refractivity contribution in [3.05, 3.63) is 40.4 Å². The number of thioether (sulfide) groups is 1. The first kappa shape index (κ1) is 24.3. The van der Waals surface area contributed by atoms with Gasteiger partial charge in [-0.25, -0.2) is 15.0 Å². The second-order valence-electron chi connectivity index (χ2n) is 6.67. The molecule has 0 aliphatic rings. The summed E-state index contributed by atoms with van der Waals surface area (Å²) in [6.07, 6.45) is 0. The van der Waals surface area contributed by atoms with Crippen LogP contribution in [-0.2, 0) is 22.6 Å². The van der Waals surface area contributed by atoms with E-state index in [4.69, 9.17) is 27.8 Å². The maximum absolute atomic E-state index is 12.5. The highest BCUT2D eigenvalue weighted by atomic mass is 35.5. The van der Waals surface area contributed by atoms with Crippen molar-refractivity contribution in [1.82, 2.24) is 24.8 Å². The number of amides is 1. The van der Waals surface area contributed by atoms with Crippen LogP contribution in [0, 0.1) is 0 Å². The minimum absolute atomic E-state index is 0.0593. The van der Waals surface area contributed by atoms with E-state index in [-0.39, 0.29) is 46.5 Å². The molecule has 174 valence electrons. The van der Waals surface area contributed by atoms with Gasteiger partial charge in [0, 0.05) is 12.1 Å². The number of halogens is 1. The van der Waals surface area contributed by atoms with Gasteiger partial charge in [-0.15, -0.1) is 0 Å². The SMILES string of the molecule is CCOC(=O)CSC(=O)c1ccc2nc(CNC(=O)c3nc(Cl)c(N)nc3N)n(CC)c2c1. The summed E-state index contributed by atoms with van der Waals surface area (Å²) in [4.78, 5) is 48.7. The van der Waals surface area contributed by atoms with Gasteiger partial charge in [0.25, 0.3) is 5.91 Å². The van der Waals surface area contributed by atoms with Crippen LogP contribution in [0.25, 0.3) is 11.0 Å². The number of aryl methyl sites for hydroxylation is 1. The summed E-state index contributed by atoms with van der Waals surface area (Å²) in [5, 5.41) is 2.32. The Labute approximate surface area is 198 Å². The summed E-state index contributed by atoms with van der Waals surface area (Å²) in [5.74, 6) is -0.719. The lowest BCUT2D eigenvalue weighted by molar-refractivity contribution is -0.139. The van der Waals surface area contributed by atoms with Gasteiger partial charge in [-0.05, 0) is 32.0 Å². The van der Waals surface area contributed by atoms with E-state index in [2.05, 4.69) is 20.3 Å². The first-order valence-corrected chi connectivity index (χ1v) is 11.3. The highest BCUT2D eigenvalue weighted by Crippen LogP contribution is 2.22. The fourth-order valence-electron chi connectivity index (χ4n) is 3.05. The number of benzene rings is 1. The largest absolute Gasteiger partial charge is 0.465 e. The van der Waals surface area contributed by atoms with Crippen LogP contribution in [0.15, 0.2) is 18.2 Å². The number of esters is 1. The number of nitrogens with one attached hydrogen (secondary N) is 1. The molecule has 0 unspecified atom stereocenters. The molecule has 0 saturated heterocycles. The number of fused-ring (bicyclic) bond motifs is 1. The molecule has 0 atom stereocenters. The molecular weight excluding hydrogens is 470 g/mol. The molecule has 1 amide bonds. The summed E-state index contributed by atoms with van der Waals surface area (Å²) in [6, 6.07) is 5.07.